The second-order valence-electron chi connectivity index (χ2n) is 6.37. The van der Waals surface area contributed by atoms with Crippen molar-refractivity contribution in [3.63, 3.8) is 0 Å². The van der Waals surface area contributed by atoms with Crippen molar-refractivity contribution < 1.29 is 0 Å². The average molecular weight is 346 g/mol. The van der Waals surface area contributed by atoms with Crippen molar-refractivity contribution in [3.8, 4) is 0 Å². The summed E-state index contributed by atoms with van der Waals surface area (Å²) in [6.45, 7) is 5.93. The third kappa shape index (κ3) is 3.97. The lowest BCUT2D eigenvalue weighted by molar-refractivity contribution is 0.751. The van der Waals surface area contributed by atoms with Crippen molar-refractivity contribution in [2.45, 2.75) is 39.2 Å². The topological polar surface area (TPSA) is 67.1 Å². The van der Waals surface area contributed by atoms with E-state index in [1.165, 1.54) is 0 Å². The van der Waals surface area contributed by atoms with Gasteiger partial charge in [-0.05, 0) is 37.5 Å². The minimum Gasteiger partial charge on any atom is -0.355 e. The van der Waals surface area contributed by atoms with E-state index in [9.17, 15) is 0 Å². The number of aromatic nitrogens is 2. The molecule has 0 saturated carbocycles. The zero-order valence-electron chi connectivity index (χ0n) is 14.2. The number of anilines is 3. The van der Waals surface area contributed by atoms with Gasteiger partial charge < -0.3 is 16.0 Å². The van der Waals surface area contributed by atoms with Gasteiger partial charge in [-0.15, -0.1) is 0 Å². The molecular weight excluding hydrogens is 322 g/mol. The Hall–Kier alpha value is -1.85. The van der Waals surface area contributed by atoms with Gasteiger partial charge in [0.05, 0.1) is 0 Å². The fourth-order valence-corrected chi connectivity index (χ4v) is 3.06. The molecule has 0 amide bonds. The summed E-state index contributed by atoms with van der Waals surface area (Å²) < 4.78 is 0. The van der Waals surface area contributed by atoms with Crippen LogP contribution in [0.3, 0.4) is 0 Å². The lowest BCUT2D eigenvalue weighted by Gasteiger charge is -2.19. The molecule has 0 bridgehead atoms. The summed E-state index contributed by atoms with van der Waals surface area (Å²) in [5.41, 5.74) is 9.02. The number of nitrogens with zero attached hydrogens (tertiary/aromatic N) is 3. The van der Waals surface area contributed by atoms with Crippen LogP contribution in [0.1, 0.15) is 31.0 Å². The van der Waals surface area contributed by atoms with Crippen LogP contribution < -0.4 is 16.0 Å². The molecule has 2 aromatic rings. The van der Waals surface area contributed by atoms with Gasteiger partial charge >= 0.3 is 0 Å². The Kier molecular flexibility index (Phi) is 5.21. The molecule has 3 rings (SSSR count). The first-order chi connectivity index (χ1) is 11.5. The Balaban J connectivity index is 1.88. The fourth-order valence-electron chi connectivity index (χ4n) is 2.88. The predicted octanol–water partition coefficient (Wildman–Crippen LogP) is 3.67. The Morgan fingerprint density at radius 2 is 2.17 bits per heavy atom. The molecule has 3 N–H and O–H groups in total. The second kappa shape index (κ2) is 7.36. The summed E-state index contributed by atoms with van der Waals surface area (Å²) in [7, 11) is 0. The quantitative estimate of drug-likeness (QED) is 0.865. The Morgan fingerprint density at radius 3 is 2.83 bits per heavy atom. The number of rotatable bonds is 5. The van der Waals surface area contributed by atoms with E-state index in [-0.39, 0.29) is 6.04 Å². The summed E-state index contributed by atoms with van der Waals surface area (Å²) in [6, 6.07) is 8.18. The van der Waals surface area contributed by atoms with E-state index in [0.717, 1.165) is 60.1 Å². The number of nitrogens with two attached hydrogens (primary N) is 1. The zero-order chi connectivity index (χ0) is 17.1. The SMILES string of the molecule is CCCc1cc(N2CCC(N)C2)nc(Nc2ccc(C)c(Cl)c2)n1. The van der Waals surface area contributed by atoms with Crippen molar-refractivity contribution in [2.24, 2.45) is 5.73 Å². The zero-order valence-corrected chi connectivity index (χ0v) is 15.0. The first-order valence-electron chi connectivity index (χ1n) is 8.47. The van der Waals surface area contributed by atoms with Crippen molar-refractivity contribution in [1.82, 2.24) is 9.97 Å². The van der Waals surface area contributed by atoms with E-state index < -0.39 is 0 Å². The number of aryl methyl sites for hydroxylation is 2. The van der Waals surface area contributed by atoms with Crippen LogP contribution in [-0.2, 0) is 6.42 Å². The standard InChI is InChI=1S/C18H24ClN5/c1-3-4-14-10-17(24-8-7-13(20)11-24)23-18(21-14)22-15-6-5-12(2)16(19)9-15/h5-6,9-10,13H,3-4,7-8,11,20H2,1-2H3,(H,21,22,23). The Morgan fingerprint density at radius 1 is 1.33 bits per heavy atom. The van der Waals surface area contributed by atoms with Crippen LogP contribution in [0.5, 0.6) is 0 Å². The van der Waals surface area contributed by atoms with Gasteiger partial charge in [-0.1, -0.05) is 31.0 Å². The number of halogens is 1. The molecule has 1 saturated heterocycles. The Bertz CT molecular complexity index is 719. The van der Waals surface area contributed by atoms with Crippen LogP contribution in [0.15, 0.2) is 24.3 Å². The molecule has 1 atom stereocenters. The van der Waals surface area contributed by atoms with E-state index in [1.54, 1.807) is 0 Å². The van der Waals surface area contributed by atoms with Gasteiger partial charge in [-0.25, -0.2) is 4.98 Å². The van der Waals surface area contributed by atoms with Crippen molar-refractivity contribution >= 4 is 29.1 Å². The van der Waals surface area contributed by atoms with Crippen LogP contribution in [-0.4, -0.2) is 29.1 Å². The highest BCUT2D eigenvalue weighted by Crippen LogP contribution is 2.25. The molecular formula is C18H24ClN5. The molecule has 1 fully saturated rings. The second-order valence-corrected chi connectivity index (χ2v) is 6.78. The molecule has 1 aliphatic heterocycles. The molecule has 1 unspecified atom stereocenters. The largest absolute Gasteiger partial charge is 0.355 e. The molecule has 128 valence electrons. The molecule has 6 heteroatoms. The van der Waals surface area contributed by atoms with Gasteiger partial charge in [0.15, 0.2) is 0 Å². The maximum Gasteiger partial charge on any atom is 0.229 e. The fraction of sp³-hybridized carbons (Fsp3) is 0.444. The monoisotopic (exact) mass is 345 g/mol. The van der Waals surface area contributed by atoms with Crippen LogP contribution in [0.4, 0.5) is 17.5 Å². The average Bonchev–Trinajstić information content (AvgIpc) is 2.98. The lowest BCUT2D eigenvalue weighted by Crippen LogP contribution is -2.27. The molecule has 1 aliphatic rings. The van der Waals surface area contributed by atoms with Crippen molar-refractivity contribution in [3.05, 3.63) is 40.5 Å². The van der Waals surface area contributed by atoms with E-state index in [4.69, 9.17) is 17.3 Å². The van der Waals surface area contributed by atoms with Gasteiger partial charge in [-0.2, -0.15) is 4.98 Å². The molecule has 24 heavy (non-hydrogen) atoms. The highest BCUT2D eigenvalue weighted by atomic mass is 35.5. The maximum absolute atomic E-state index is 6.21. The molecule has 0 radical (unpaired) electrons. The van der Waals surface area contributed by atoms with Gasteiger partial charge in [0.2, 0.25) is 5.95 Å². The number of benzene rings is 1. The number of hydrogen-bond donors (Lipinski definition) is 2. The van der Waals surface area contributed by atoms with E-state index >= 15 is 0 Å². The van der Waals surface area contributed by atoms with Crippen molar-refractivity contribution in [2.75, 3.05) is 23.3 Å². The molecule has 2 heterocycles. The lowest BCUT2D eigenvalue weighted by atomic mass is 10.2. The third-order valence-corrected chi connectivity index (χ3v) is 4.66. The summed E-state index contributed by atoms with van der Waals surface area (Å²) in [5.74, 6) is 1.55. The van der Waals surface area contributed by atoms with Gasteiger partial charge in [-0.3, -0.25) is 0 Å². The molecule has 5 nitrogen and oxygen atoms in total. The summed E-state index contributed by atoms with van der Waals surface area (Å²) in [6.07, 6.45) is 2.98. The van der Waals surface area contributed by atoms with Crippen LogP contribution in [0.25, 0.3) is 0 Å². The van der Waals surface area contributed by atoms with Gasteiger partial charge in [0, 0.05) is 41.6 Å². The highest BCUT2D eigenvalue weighted by Gasteiger charge is 2.21. The van der Waals surface area contributed by atoms with E-state index in [0.29, 0.717) is 5.95 Å². The van der Waals surface area contributed by atoms with E-state index in [1.807, 2.05) is 25.1 Å². The summed E-state index contributed by atoms with van der Waals surface area (Å²) >= 11 is 6.21. The minimum absolute atomic E-state index is 0.224. The highest BCUT2D eigenvalue weighted by molar-refractivity contribution is 6.31. The maximum atomic E-state index is 6.21. The summed E-state index contributed by atoms with van der Waals surface area (Å²) in [5, 5.41) is 4.01. The third-order valence-electron chi connectivity index (χ3n) is 4.25. The molecule has 0 aliphatic carbocycles. The Labute approximate surface area is 148 Å². The smallest absolute Gasteiger partial charge is 0.229 e. The van der Waals surface area contributed by atoms with Crippen LogP contribution >= 0.6 is 11.6 Å². The molecule has 1 aromatic heterocycles. The minimum atomic E-state index is 0.224. The van der Waals surface area contributed by atoms with Gasteiger partial charge in [0.25, 0.3) is 0 Å². The molecule has 0 spiro atoms. The van der Waals surface area contributed by atoms with Gasteiger partial charge in [0.1, 0.15) is 5.82 Å². The normalized spacial score (nSPS) is 17.3. The van der Waals surface area contributed by atoms with E-state index in [2.05, 4.69) is 33.2 Å². The van der Waals surface area contributed by atoms with Crippen LogP contribution in [0.2, 0.25) is 5.02 Å². The first kappa shape index (κ1) is 17.0. The number of hydrogen-bond acceptors (Lipinski definition) is 5. The predicted molar refractivity (Wildman–Crippen MR) is 100 cm³/mol. The molecule has 1 aromatic carbocycles. The van der Waals surface area contributed by atoms with Crippen molar-refractivity contribution in [1.29, 1.82) is 0 Å². The first-order valence-corrected chi connectivity index (χ1v) is 8.84. The van der Waals surface area contributed by atoms with Crippen LogP contribution in [0, 0.1) is 6.92 Å². The number of nitrogens with one attached hydrogen (secondary N) is 1. The summed E-state index contributed by atoms with van der Waals surface area (Å²) in [4.78, 5) is 11.6.